The summed E-state index contributed by atoms with van der Waals surface area (Å²) in [6, 6.07) is 6.41. The Labute approximate surface area is 113 Å². The molecule has 1 aromatic carbocycles. The van der Waals surface area contributed by atoms with Crippen LogP contribution in [-0.4, -0.2) is 36.7 Å². The first-order valence-corrected chi connectivity index (χ1v) is 6.75. The second kappa shape index (κ2) is 6.00. The van der Waals surface area contributed by atoms with Gasteiger partial charge in [0.25, 0.3) is 0 Å². The van der Waals surface area contributed by atoms with Crippen LogP contribution < -0.4 is 0 Å². The molecule has 18 heavy (non-hydrogen) atoms. The number of nitrogens with zero attached hydrogens (tertiary/aromatic N) is 1. The first kappa shape index (κ1) is 13.8. The summed E-state index contributed by atoms with van der Waals surface area (Å²) in [4.78, 5) is 2.31. The maximum absolute atomic E-state index is 12.8. The van der Waals surface area contributed by atoms with E-state index in [1.807, 2.05) is 0 Å². The molecule has 0 bridgehead atoms. The van der Waals surface area contributed by atoms with Gasteiger partial charge >= 0.3 is 0 Å². The van der Waals surface area contributed by atoms with Crippen molar-refractivity contribution in [1.29, 1.82) is 0 Å². The zero-order valence-electron chi connectivity index (χ0n) is 10.8. The van der Waals surface area contributed by atoms with E-state index in [-0.39, 0.29) is 23.4 Å². The van der Waals surface area contributed by atoms with E-state index >= 15 is 0 Å². The molecule has 2 nitrogen and oxygen atoms in total. The van der Waals surface area contributed by atoms with Gasteiger partial charge in [-0.15, -0.1) is 11.6 Å². The van der Waals surface area contributed by atoms with Crippen LogP contribution in [-0.2, 0) is 4.74 Å². The van der Waals surface area contributed by atoms with E-state index in [4.69, 9.17) is 16.3 Å². The van der Waals surface area contributed by atoms with Crippen LogP contribution in [0.4, 0.5) is 4.39 Å². The van der Waals surface area contributed by atoms with Crippen molar-refractivity contribution in [3.05, 3.63) is 35.6 Å². The molecule has 100 valence electrons. The second-order valence-electron chi connectivity index (χ2n) is 4.99. The molecule has 0 aliphatic carbocycles. The summed E-state index contributed by atoms with van der Waals surface area (Å²) in [7, 11) is 0. The van der Waals surface area contributed by atoms with E-state index in [1.54, 1.807) is 12.1 Å². The van der Waals surface area contributed by atoms with Gasteiger partial charge in [0.1, 0.15) is 5.82 Å². The van der Waals surface area contributed by atoms with E-state index in [9.17, 15) is 4.39 Å². The molecule has 2 rings (SSSR count). The van der Waals surface area contributed by atoms with Crippen molar-refractivity contribution in [2.45, 2.75) is 31.4 Å². The fourth-order valence-corrected chi connectivity index (χ4v) is 2.78. The zero-order valence-corrected chi connectivity index (χ0v) is 11.5. The molecule has 0 aromatic heterocycles. The van der Waals surface area contributed by atoms with Gasteiger partial charge in [-0.2, -0.15) is 0 Å². The number of halogens is 2. The van der Waals surface area contributed by atoms with Crippen LogP contribution in [0.25, 0.3) is 0 Å². The summed E-state index contributed by atoms with van der Waals surface area (Å²) in [5.74, 6) is -0.226. The lowest BCUT2D eigenvalue weighted by molar-refractivity contribution is -0.0678. The summed E-state index contributed by atoms with van der Waals surface area (Å²) in [5.41, 5.74) is 0.963. The third kappa shape index (κ3) is 3.67. The molecule has 4 heteroatoms. The average molecular weight is 272 g/mol. The standard InChI is InChI=1S/C14H19ClFNO/c1-10-7-17(8-11(2)18-10)9-14(15)12-3-5-13(16)6-4-12/h3-6,10-11,14H,7-9H2,1-2H3. The monoisotopic (exact) mass is 271 g/mol. The minimum atomic E-state index is -0.226. The maximum Gasteiger partial charge on any atom is 0.123 e. The highest BCUT2D eigenvalue weighted by Gasteiger charge is 2.24. The Morgan fingerprint density at radius 1 is 1.28 bits per heavy atom. The van der Waals surface area contributed by atoms with Crippen LogP contribution in [0, 0.1) is 5.82 Å². The van der Waals surface area contributed by atoms with Gasteiger partial charge in [0.05, 0.1) is 17.6 Å². The predicted molar refractivity (Wildman–Crippen MR) is 71.4 cm³/mol. The molecule has 1 saturated heterocycles. The molecule has 0 N–H and O–H groups in total. The van der Waals surface area contributed by atoms with Crippen molar-refractivity contribution in [3.63, 3.8) is 0 Å². The highest BCUT2D eigenvalue weighted by Crippen LogP contribution is 2.23. The highest BCUT2D eigenvalue weighted by atomic mass is 35.5. The Morgan fingerprint density at radius 3 is 2.39 bits per heavy atom. The maximum atomic E-state index is 12.8. The number of benzene rings is 1. The van der Waals surface area contributed by atoms with E-state index < -0.39 is 0 Å². The van der Waals surface area contributed by atoms with Crippen molar-refractivity contribution in [2.75, 3.05) is 19.6 Å². The van der Waals surface area contributed by atoms with Crippen LogP contribution >= 0.6 is 11.6 Å². The minimum absolute atomic E-state index is 0.108. The van der Waals surface area contributed by atoms with Crippen molar-refractivity contribution < 1.29 is 9.13 Å². The van der Waals surface area contributed by atoms with Gasteiger partial charge in [0, 0.05) is 19.6 Å². The molecule has 1 aliphatic heterocycles. The largest absolute Gasteiger partial charge is 0.373 e. The molecule has 1 aliphatic rings. The molecule has 3 atom stereocenters. The van der Waals surface area contributed by atoms with Crippen LogP contribution in [0.2, 0.25) is 0 Å². The van der Waals surface area contributed by atoms with E-state index in [0.717, 1.165) is 25.2 Å². The highest BCUT2D eigenvalue weighted by molar-refractivity contribution is 6.21. The van der Waals surface area contributed by atoms with Gasteiger partial charge in [-0.1, -0.05) is 12.1 Å². The van der Waals surface area contributed by atoms with Gasteiger partial charge in [0.2, 0.25) is 0 Å². The molecule has 1 aromatic rings. The van der Waals surface area contributed by atoms with Gasteiger partial charge in [-0.3, -0.25) is 4.90 Å². The molecular formula is C14H19ClFNO. The Balaban J connectivity index is 1.94. The summed E-state index contributed by atoms with van der Waals surface area (Å²) in [6.07, 6.45) is 0.483. The Hall–Kier alpha value is -0.640. The molecule has 0 amide bonds. The molecular weight excluding hydrogens is 253 g/mol. The topological polar surface area (TPSA) is 12.5 Å². The Bertz CT molecular complexity index is 374. The summed E-state index contributed by atoms with van der Waals surface area (Å²) < 4.78 is 18.5. The van der Waals surface area contributed by atoms with Crippen molar-refractivity contribution >= 4 is 11.6 Å². The van der Waals surface area contributed by atoms with E-state index in [1.165, 1.54) is 12.1 Å². The van der Waals surface area contributed by atoms with Gasteiger partial charge in [-0.25, -0.2) is 4.39 Å². The smallest absolute Gasteiger partial charge is 0.123 e. The number of hydrogen-bond acceptors (Lipinski definition) is 2. The quantitative estimate of drug-likeness (QED) is 0.783. The second-order valence-corrected chi connectivity index (χ2v) is 5.52. The molecule has 1 heterocycles. The summed E-state index contributed by atoms with van der Waals surface area (Å²) in [5, 5.41) is -0.108. The van der Waals surface area contributed by atoms with Gasteiger partial charge in [-0.05, 0) is 31.5 Å². The van der Waals surface area contributed by atoms with Gasteiger partial charge < -0.3 is 4.74 Å². The molecule has 0 radical (unpaired) electrons. The first-order chi connectivity index (χ1) is 8.54. The Morgan fingerprint density at radius 2 is 1.83 bits per heavy atom. The third-order valence-corrected chi connectivity index (χ3v) is 3.54. The zero-order chi connectivity index (χ0) is 13.1. The number of morpholine rings is 1. The van der Waals surface area contributed by atoms with Crippen molar-refractivity contribution in [1.82, 2.24) is 4.90 Å². The van der Waals surface area contributed by atoms with Crippen LogP contribution in [0.15, 0.2) is 24.3 Å². The molecule has 1 fully saturated rings. The van der Waals surface area contributed by atoms with E-state index in [0.29, 0.717) is 0 Å². The summed E-state index contributed by atoms with van der Waals surface area (Å²) >= 11 is 6.38. The van der Waals surface area contributed by atoms with Crippen LogP contribution in [0.3, 0.4) is 0 Å². The van der Waals surface area contributed by atoms with Crippen LogP contribution in [0.5, 0.6) is 0 Å². The normalized spacial score (nSPS) is 27.1. The average Bonchev–Trinajstić information content (AvgIpc) is 2.28. The van der Waals surface area contributed by atoms with E-state index in [2.05, 4.69) is 18.7 Å². The number of ether oxygens (including phenoxy) is 1. The van der Waals surface area contributed by atoms with Crippen LogP contribution in [0.1, 0.15) is 24.8 Å². The number of alkyl halides is 1. The lowest BCUT2D eigenvalue weighted by Crippen LogP contribution is -2.46. The predicted octanol–water partition coefficient (Wildman–Crippen LogP) is 3.21. The number of hydrogen-bond donors (Lipinski definition) is 0. The SMILES string of the molecule is CC1CN(CC(Cl)c2ccc(F)cc2)CC(C)O1. The summed E-state index contributed by atoms with van der Waals surface area (Å²) in [6.45, 7) is 6.71. The fourth-order valence-electron chi connectivity index (χ4n) is 2.44. The molecule has 0 spiro atoms. The lowest BCUT2D eigenvalue weighted by atomic mass is 10.1. The number of rotatable bonds is 3. The molecule has 0 saturated carbocycles. The van der Waals surface area contributed by atoms with Gasteiger partial charge in [0.15, 0.2) is 0 Å². The van der Waals surface area contributed by atoms with Crippen molar-refractivity contribution in [3.8, 4) is 0 Å². The molecule has 3 unspecified atom stereocenters. The lowest BCUT2D eigenvalue weighted by Gasteiger charge is -2.36. The first-order valence-electron chi connectivity index (χ1n) is 6.32. The minimum Gasteiger partial charge on any atom is -0.373 e. The van der Waals surface area contributed by atoms with Crippen molar-refractivity contribution in [2.24, 2.45) is 0 Å². The fraction of sp³-hybridized carbons (Fsp3) is 0.571. The third-order valence-electron chi connectivity index (χ3n) is 3.15. The Kier molecular flexibility index (Phi) is 4.60.